The zero-order valence-corrected chi connectivity index (χ0v) is 21.6. The number of aliphatic carboxylic acids is 1. The number of nitrogens with zero attached hydrogens (tertiary/aromatic N) is 1. The van der Waals surface area contributed by atoms with Crippen molar-refractivity contribution in [2.75, 3.05) is 16.8 Å². The maximum atomic E-state index is 13.7. The maximum Gasteiger partial charge on any atom is 0.334 e. The molecule has 1 aliphatic rings. The smallest absolute Gasteiger partial charge is 0.334 e. The Labute approximate surface area is 229 Å². The fourth-order valence-corrected chi connectivity index (χ4v) is 4.32. The lowest BCUT2D eigenvalue weighted by molar-refractivity contribution is -0.146. The number of aliphatic hydroxyl groups is 1. The summed E-state index contributed by atoms with van der Waals surface area (Å²) in [6.45, 7) is -0.349. The minimum atomic E-state index is -1.72. The topological polar surface area (TPSA) is 119 Å². The minimum absolute atomic E-state index is 0.0912. The largest absolute Gasteiger partial charge is 0.479 e. The van der Waals surface area contributed by atoms with Crippen molar-refractivity contribution in [3.63, 3.8) is 0 Å². The van der Waals surface area contributed by atoms with Gasteiger partial charge in [-0.15, -0.1) is 0 Å². The van der Waals surface area contributed by atoms with Crippen LogP contribution < -0.4 is 15.5 Å². The zero-order valence-electron chi connectivity index (χ0n) is 21.6. The molecule has 40 heavy (non-hydrogen) atoms. The molecule has 0 bridgehead atoms. The Hall–Kier alpha value is -4.57. The number of hydrogen-bond donors (Lipinski definition) is 4. The highest BCUT2D eigenvalue weighted by atomic mass is 19.2. The summed E-state index contributed by atoms with van der Waals surface area (Å²) < 4.78 is 27.1. The lowest BCUT2D eigenvalue weighted by atomic mass is 9.93. The van der Waals surface area contributed by atoms with Crippen molar-refractivity contribution >= 4 is 34.9 Å². The van der Waals surface area contributed by atoms with E-state index in [1.165, 1.54) is 35.1 Å². The minimum Gasteiger partial charge on any atom is -0.479 e. The molecule has 0 heterocycles. The summed E-state index contributed by atoms with van der Waals surface area (Å²) in [4.78, 5) is 37.8. The Balaban J connectivity index is 1.53. The van der Waals surface area contributed by atoms with Crippen molar-refractivity contribution in [2.45, 2.75) is 38.3 Å². The van der Waals surface area contributed by atoms with Crippen LogP contribution in [0.1, 0.15) is 47.2 Å². The third-order valence-electron chi connectivity index (χ3n) is 6.55. The SMILES string of the molecule is O=C(NC[C@@H](O)C(=O)O)c1ccc(CN(C(=O)Nc2ccc(F)c(F)c2)c2ccc(C3=CCCCC3)cc2)cc1. The van der Waals surface area contributed by atoms with E-state index in [9.17, 15) is 28.3 Å². The van der Waals surface area contributed by atoms with Crippen LogP contribution in [0.15, 0.2) is 72.8 Å². The van der Waals surface area contributed by atoms with Gasteiger partial charge < -0.3 is 20.8 Å². The van der Waals surface area contributed by atoms with Crippen molar-refractivity contribution in [2.24, 2.45) is 0 Å². The number of nitrogens with one attached hydrogen (secondary N) is 2. The van der Waals surface area contributed by atoms with Crippen LogP contribution in [0.2, 0.25) is 0 Å². The molecule has 0 fully saturated rings. The Kier molecular flexibility index (Phi) is 9.23. The fourth-order valence-electron chi connectivity index (χ4n) is 4.32. The third-order valence-corrected chi connectivity index (χ3v) is 6.55. The number of allylic oxidation sites excluding steroid dienone is 2. The van der Waals surface area contributed by atoms with Gasteiger partial charge in [0.15, 0.2) is 17.7 Å². The first-order chi connectivity index (χ1) is 19.2. The van der Waals surface area contributed by atoms with E-state index in [4.69, 9.17) is 5.11 Å². The molecular formula is C30H29F2N3O5. The molecule has 4 N–H and O–H groups in total. The summed E-state index contributed by atoms with van der Waals surface area (Å²) >= 11 is 0. The van der Waals surface area contributed by atoms with Crippen LogP contribution in [0, 0.1) is 11.6 Å². The Morgan fingerprint density at radius 1 is 0.925 bits per heavy atom. The van der Waals surface area contributed by atoms with Crippen LogP contribution in [0.25, 0.3) is 5.57 Å². The molecule has 0 spiro atoms. The molecule has 1 atom stereocenters. The highest BCUT2D eigenvalue weighted by molar-refractivity contribution is 6.01. The predicted octanol–water partition coefficient (Wildman–Crippen LogP) is 5.34. The van der Waals surface area contributed by atoms with Gasteiger partial charge in [-0.2, -0.15) is 0 Å². The van der Waals surface area contributed by atoms with Gasteiger partial charge >= 0.3 is 12.0 Å². The number of benzene rings is 3. The van der Waals surface area contributed by atoms with Gasteiger partial charge in [0, 0.05) is 23.0 Å². The van der Waals surface area contributed by atoms with E-state index < -0.39 is 42.2 Å². The molecule has 3 aromatic carbocycles. The molecule has 4 rings (SSSR count). The van der Waals surface area contributed by atoms with Gasteiger partial charge in [0.2, 0.25) is 0 Å². The molecule has 0 aliphatic heterocycles. The van der Waals surface area contributed by atoms with E-state index >= 15 is 0 Å². The highest BCUT2D eigenvalue weighted by Crippen LogP contribution is 2.29. The highest BCUT2D eigenvalue weighted by Gasteiger charge is 2.19. The van der Waals surface area contributed by atoms with Gasteiger partial charge in [-0.3, -0.25) is 9.69 Å². The third kappa shape index (κ3) is 7.29. The number of urea groups is 1. The summed E-state index contributed by atoms with van der Waals surface area (Å²) in [6.07, 6.45) is 4.84. The summed E-state index contributed by atoms with van der Waals surface area (Å²) in [5.41, 5.74) is 3.91. The Morgan fingerprint density at radius 3 is 2.27 bits per heavy atom. The molecular weight excluding hydrogens is 520 g/mol. The van der Waals surface area contributed by atoms with Gasteiger partial charge in [0.05, 0.1) is 13.1 Å². The normalized spacial score (nSPS) is 13.6. The number of halogens is 2. The second-order valence-corrected chi connectivity index (χ2v) is 9.43. The van der Waals surface area contributed by atoms with E-state index in [0.717, 1.165) is 37.0 Å². The standard InChI is InChI=1S/C30H29F2N3O5/c31-25-15-12-23(16-26(25)32)34-30(40)35(24-13-10-21(11-14-24)20-4-2-1-3-5-20)18-19-6-8-22(9-7-19)28(37)33-17-27(36)29(38)39/h4,6-16,27,36H,1-3,5,17-18H2,(H,33,37)(H,34,40)(H,38,39)/t27-/m1/s1. The molecule has 3 amide bonds. The van der Waals surface area contributed by atoms with Crippen LogP contribution in [0.4, 0.5) is 25.0 Å². The van der Waals surface area contributed by atoms with Crippen LogP contribution >= 0.6 is 0 Å². The molecule has 0 aromatic heterocycles. The van der Waals surface area contributed by atoms with Crippen LogP contribution in [0.5, 0.6) is 0 Å². The zero-order chi connectivity index (χ0) is 28.6. The van der Waals surface area contributed by atoms with Crippen LogP contribution in [-0.4, -0.2) is 40.8 Å². The first kappa shape index (κ1) is 28.4. The maximum absolute atomic E-state index is 13.7. The van der Waals surface area contributed by atoms with Gasteiger partial charge in [-0.25, -0.2) is 18.4 Å². The van der Waals surface area contributed by atoms with Gasteiger partial charge in [0.25, 0.3) is 5.91 Å². The second-order valence-electron chi connectivity index (χ2n) is 9.43. The van der Waals surface area contributed by atoms with Gasteiger partial charge in [-0.1, -0.05) is 30.3 Å². The number of carbonyl (C=O) groups excluding carboxylic acids is 2. The van der Waals surface area contributed by atoms with E-state index in [-0.39, 0.29) is 17.8 Å². The van der Waals surface area contributed by atoms with Crippen molar-refractivity contribution in [1.82, 2.24) is 5.32 Å². The van der Waals surface area contributed by atoms with Gasteiger partial charge in [-0.05, 0) is 78.8 Å². The molecule has 8 nitrogen and oxygen atoms in total. The summed E-state index contributed by atoms with van der Waals surface area (Å²) in [5, 5.41) is 23.1. The molecule has 208 valence electrons. The fraction of sp³-hybridized carbons (Fsp3) is 0.233. The molecule has 3 aromatic rings. The molecule has 0 saturated carbocycles. The van der Waals surface area contributed by atoms with E-state index in [2.05, 4.69) is 16.7 Å². The van der Waals surface area contributed by atoms with Gasteiger partial charge in [0.1, 0.15) is 0 Å². The lowest BCUT2D eigenvalue weighted by Crippen LogP contribution is -2.36. The quantitative estimate of drug-likeness (QED) is 0.288. The molecule has 0 unspecified atom stereocenters. The van der Waals surface area contributed by atoms with E-state index in [0.29, 0.717) is 11.3 Å². The molecule has 0 radical (unpaired) electrons. The summed E-state index contributed by atoms with van der Waals surface area (Å²) in [6, 6.07) is 16.4. The summed E-state index contributed by atoms with van der Waals surface area (Å²) in [7, 11) is 0. The number of hydrogen-bond acceptors (Lipinski definition) is 4. The van der Waals surface area contributed by atoms with Crippen molar-refractivity contribution in [3.05, 3.63) is 101 Å². The first-order valence-corrected chi connectivity index (χ1v) is 12.8. The predicted molar refractivity (Wildman–Crippen MR) is 147 cm³/mol. The van der Waals surface area contributed by atoms with Crippen molar-refractivity contribution in [3.8, 4) is 0 Å². The monoisotopic (exact) mass is 549 g/mol. The molecule has 10 heteroatoms. The number of carboxylic acid groups (broad SMARTS) is 1. The average molecular weight is 550 g/mol. The molecule has 0 saturated heterocycles. The van der Waals surface area contributed by atoms with Crippen LogP contribution in [-0.2, 0) is 11.3 Å². The first-order valence-electron chi connectivity index (χ1n) is 12.8. The van der Waals surface area contributed by atoms with E-state index in [1.807, 2.05) is 24.3 Å². The number of carbonyl (C=O) groups is 3. The van der Waals surface area contributed by atoms with Crippen LogP contribution in [0.3, 0.4) is 0 Å². The average Bonchev–Trinajstić information content (AvgIpc) is 2.97. The number of anilines is 2. The van der Waals surface area contributed by atoms with Crippen molar-refractivity contribution < 1.29 is 33.4 Å². The number of rotatable bonds is 9. The Bertz CT molecular complexity index is 1410. The number of carboxylic acids is 1. The number of amides is 3. The Morgan fingerprint density at radius 2 is 1.65 bits per heavy atom. The molecule has 1 aliphatic carbocycles. The lowest BCUT2D eigenvalue weighted by Gasteiger charge is -2.24. The summed E-state index contributed by atoms with van der Waals surface area (Å²) in [5.74, 6) is -4.11. The van der Waals surface area contributed by atoms with E-state index in [1.54, 1.807) is 12.1 Å². The van der Waals surface area contributed by atoms with Crippen molar-refractivity contribution in [1.29, 1.82) is 0 Å². The second kappa shape index (κ2) is 13.0. The number of aliphatic hydroxyl groups excluding tert-OH is 1.